The molecule has 160 valence electrons. The minimum atomic E-state index is -0.645. The number of piperidine rings is 1. The van der Waals surface area contributed by atoms with Crippen LogP contribution in [0.4, 0.5) is 0 Å². The van der Waals surface area contributed by atoms with Crippen molar-refractivity contribution in [3.05, 3.63) is 71.3 Å². The Kier molecular flexibility index (Phi) is 4.74. The molecule has 3 aromatic rings. The Bertz CT molecular complexity index is 1310. The van der Waals surface area contributed by atoms with E-state index in [0.29, 0.717) is 24.1 Å². The van der Waals surface area contributed by atoms with E-state index in [4.69, 9.17) is 4.74 Å². The van der Waals surface area contributed by atoms with Crippen molar-refractivity contribution in [2.45, 2.75) is 25.4 Å². The molecule has 32 heavy (non-hydrogen) atoms. The predicted octanol–water partition coefficient (Wildman–Crippen LogP) is 3.05. The van der Waals surface area contributed by atoms with Gasteiger partial charge in [0, 0.05) is 18.5 Å². The molecule has 0 spiro atoms. The highest BCUT2D eigenvalue weighted by Crippen LogP contribution is 2.36. The Balaban J connectivity index is 1.50. The molecular weight excluding hydrogens is 408 g/mol. The number of esters is 1. The minimum Gasteiger partial charge on any atom is -0.465 e. The van der Waals surface area contributed by atoms with Crippen LogP contribution < -0.4 is 5.32 Å². The van der Waals surface area contributed by atoms with Crippen molar-refractivity contribution in [1.82, 2.24) is 10.2 Å². The number of amides is 3. The highest BCUT2D eigenvalue weighted by atomic mass is 16.5. The van der Waals surface area contributed by atoms with E-state index in [2.05, 4.69) is 5.32 Å². The van der Waals surface area contributed by atoms with Crippen molar-refractivity contribution in [3.63, 3.8) is 0 Å². The van der Waals surface area contributed by atoms with Gasteiger partial charge in [-0.2, -0.15) is 0 Å². The Hall–Kier alpha value is -4.00. The Morgan fingerprint density at radius 2 is 1.75 bits per heavy atom. The molecule has 1 atom stereocenters. The maximum absolute atomic E-state index is 13.1. The van der Waals surface area contributed by atoms with E-state index < -0.39 is 11.9 Å². The lowest BCUT2D eigenvalue weighted by molar-refractivity contribution is -0.136. The molecular formula is C25H20N2O5. The van der Waals surface area contributed by atoms with Crippen LogP contribution in [0.3, 0.4) is 0 Å². The summed E-state index contributed by atoms with van der Waals surface area (Å²) in [7, 11) is 1.35. The standard InChI is InChI=1S/C25H20N2O5/c1-32-25(31)17-8-6-14-11-16(7-5-15(14)12-17)18-3-2-4-19-20(18)13-27(24(19)30)21-9-10-22(28)26-23(21)29/h2-8,11-12,21H,9-10,13H2,1H3,(H,26,28,29). The van der Waals surface area contributed by atoms with Gasteiger partial charge in [-0.05, 0) is 58.1 Å². The van der Waals surface area contributed by atoms with Gasteiger partial charge in [0.25, 0.3) is 5.91 Å². The smallest absolute Gasteiger partial charge is 0.337 e. The van der Waals surface area contributed by atoms with E-state index in [9.17, 15) is 19.2 Å². The molecule has 5 rings (SSSR count). The molecule has 1 N–H and O–H groups in total. The summed E-state index contributed by atoms with van der Waals surface area (Å²) < 4.78 is 4.79. The lowest BCUT2D eigenvalue weighted by Gasteiger charge is -2.29. The Labute approximate surface area is 184 Å². The molecule has 3 amide bonds. The van der Waals surface area contributed by atoms with Gasteiger partial charge >= 0.3 is 5.97 Å². The van der Waals surface area contributed by atoms with Crippen LogP contribution in [0.1, 0.15) is 39.1 Å². The zero-order chi connectivity index (χ0) is 22.4. The van der Waals surface area contributed by atoms with Crippen LogP contribution in [0, 0.1) is 0 Å². The molecule has 2 aliphatic heterocycles. The van der Waals surface area contributed by atoms with E-state index >= 15 is 0 Å². The summed E-state index contributed by atoms with van der Waals surface area (Å²) in [5.74, 6) is -1.30. The quantitative estimate of drug-likeness (QED) is 0.511. The van der Waals surface area contributed by atoms with E-state index in [1.165, 1.54) is 7.11 Å². The number of nitrogens with one attached hydrogen (secondary N) is 1. The van der Waals surface area contributed by atoms with Crippen molar-refractivity contribution >= 4 is 34.5 Å². The molecule has 1 unspecified atom stereocenters. The topological polar surface area (TPSA) is 92.8 Å². The number of fused-ring (bicyclic) bond motifs is 2. The predicted molar refractivity (Wildman–Crippen MR) is 117 cm³/mol. The monoisotopic (exact) mass is 428 g/mol. The van der Waals surface area contributed by atoms with E-state index in [1.807, 2.05) is 36.4 Å². The maximum atomic E-state index is 13.1. The van der Waals surface area contributed by atoms with Crippen LogP contribution in [0.25, 0.3) is 21.9 Å². The average Bonchev–Trinajstić information content (AvgIpc) is 3.14. The fraction of sp³-hybridized carbons (Fsp3) is 0.200. The van der Waals surface area contributed by atoms with E-state index in [1.54, 1.807) is 23.1 Å². The Morgan fingerprint density at radius 1 is 1.00 bits per heavy atom. The highest BCUT2D eigenvalue weighted by Gasteiger charge is 2.39. The molecule has 7 nitrogen and oxygen atoms in total. The van der Waals surface area contributed by atoms with Crippen molar-refractivity contribution in [2.24, 2.45) is 0 Å². The summed E-state index contributed by atoms with van der Waals surface area (Å²) in [6, 6.07) is 16.2. The lowest BCUT2D eigenvalue weighted by atomic mass is 9.94. The molecule has 1 saturated heterocycles. The number of hydrogen-bond donors (Lipinski definition) is 1. The van der Waals surface area contributed by atoms with Crippen molar-refractivity contribution in [1.29, 1.82) is 0 Å². The van der Waals surface area contributed by atoms with Gasteiger partial charge < -0.3 is 9.64 Å². The van der Waals surface area contributed by atoms with E-state index in [-0.39, 0.29) is 24.2 Å². The molecule has 7 heteroatoms. The van der Waals surface area contributed by atoms with Crippen LogP contribution >= 0.6 is 0 Å². The number of methoxy groups -OCH3 is 1. The zero-order valence-electron chi connectivity index (χ0n) is 17.4. The number of benzene rings is 3. The number of ether oxygens (including phenoxy) is 1. The van der Waals surface area contributed by atoms with Gasteiger partial charge in [-0.1, -0.05) is 30.3 Å². The molecule has 3 aromatic carbocycles. The fourth-order valence-corrected chi connectivity index (χ4v) is 4.51. The van der Waals surface area contributed by atoms with Crippen LogP contribution in [0.15, 0.2) is 54.6 Å². The highest BCUT2D eigenvalue weighted by molar-refractivity contribution is 6.06. The third-order valence-electron chi connectivity index (χ3n) is 6.15. The number of imide groups is 1. The van der Waals surface area contributed by atoms with E-state index in [0.717, 1.165) is 27.5 Å². The van der Waals surface area contributed by atoms with Gasteiger partial charge in [-0.25, -0.2) is 4.79 Å². The van der Waals surface area contributed by atoms with Crippen LogP contribution in [-0.2, 0) is 20.9 Å². The van der Waals surface area contributed by atoms with Crippen molar-refractivity contribution in [3.8, 4) is 11.1 Å². The normalized spacial score (nSPS) is 18.0. The third kappa shape index (κ3) is 3.22. The number of rotatable bonds is 3. The van der Waals surface area contributed by atoms with Gasteiger partial charge in [0.15, 0.2) is 0 Å². The SMILES string of the molecule is COC(=O)c1ccc2cc(-c3cccc4c3CN(C3CCC(=O)NC3=O)C4=O)ccc2c1. The van der Waals surface area contributed by atoms with Crippen molar-refractivity contribution in [2.75, 3.05) is 7.11 Å². The first-order valence-corrected chi connectivity index (χ1v) is 10.4. The summed E-state index contributed by atoms with van der Waals surface area (Å²) in [6.45, 7) is 0.315. The third-order valence-corrected chi connectivity index (χ3v) is 6.15. The second kappa shape index (κ2) is 7.60. The molecule has 2 heterocycles. The second-order valence-electron chi connectivity index (χ2n) is 8.00. The zero-order valence-corrected chi connectivity index (χ0v) is 17.4. The summed E-state index contributed by atoms with van der Waals surface area (Å²) >= 11 is 0. The summed E-state index contributed by atoms with van der Waals surface area (Å²) in [4.78, 5) is 50.2. The fourth-order valence-electron chi connectivity index (χ4n) is 4.51. The van der Waals surface area contributed by atoms with Crippen LogP contribution in [0.2, 0.25) is 0 Å². The molecule has 0 aliphatic carbocycles. The first kappa shape index (κ1) is 19.9. The van der Waals surface area contributed by atoms with Crippen molar-refractivity contribution < 1.29 is 23.9 Å². The number of carbonyl (C=O) groups is 4. The summed E-state index contributed by atoms with van der Waals surface area (Å²) in [5, 5.41) is 4.20. The number of nitrogens with zero attached hydrogens (tertiary/aromatic N) is 1. The Morgan fingerprint density at radius 3 is 2.53 bits per heavy atom. The van der Waals surface area contributed by atoms with Gasteiger partial charge in [-0.15, -0.1) is 0 Å². The summed E-state index contributed by atoms with van der Waals surface area (Å²) in [6.07, 6.45) is 0.555. The first-order chi connectivity index (χ1) is 15.5. The van der Waals surface area contributed by atoms with Crippen LogP contribution in [-0.4, -0.2) is 41.7 Å². The van der Waals surface area contributed by atoms with Crippen LogP contribution in [0.5, 0.6) is 0 Å². The largest absolute Gasteiger partial charge is 0.465 e. The average molecular weight is 428 g/mol. The van der Waals surface area contributed by atoms with Gasteiger partial charge in [0.05, 0.1) is 12.7 Å². The minimum absolute atomic E-state index is 0.195. The molecule has 0 bridgehead atoms. The van der Waals surface area contributed by atoms with Gasteiger partial charge in [0.2, 0.25) is 11.8 Å². The molecule has 0 aromatic heterocycles. The first-order valence-electron chi connectivity index (χ1n) is 10.4. The maximum Gasteiger partial charge on any atom is 0.337 e. The summed E-state index contributed by atoms with van der Waals surface area (Å²) in [5.41, 5.74) is 3.79. The second-order valence-corrected chi connectivity index (χ2v) is 8.00. The number of carbonyl (C=O) groups excluding carboxylic acids is 4. The molecule has 1 fully saturated rings. The van der Waals surface area contributed by atoms with Gasteiger partial charge in [-0.3, -0.25) is 19.7 Å². The lowest BCUT2D eigenvalue weighted by Crippen LogP contribution is -2.52. The number of hydrogen-bond acceptors (Lipinski definition) is 5. The molecule has 0 radical (unpaired) electrons. The van der Waals surface area contributed by atoms with Gasteiger partial charge in [0.1, 0.15) is 6.04 Å². The molecule has 2 aliphatic rings. The molecule has 0 saturated carbocycles.